The van der Waals surface area contributed by atoms with Crippen LogP contribution in [-0.4, -0.2) is 29.1 Å². The first-order chi connectivity index (χ1) is 12.6. The van der Waals surface area contributed by atoms with Crippen molar-refractivity contribution in [3.05, 3.63) is 39.5 Å². The number of guanidine groups is 1. The second kappa shape index (κ2) is 8.98. The van der Waals surface area contributed by atoms with Gasteiger partial charge in [0.05, 0.1) is 25.4 Å². The highest BCUT2D eigenvalue weighted by atomic mass is 32.1. The van der Waals surface area contributed by atoms with Gasteiger partial charge in [-0.3, -0.25) is 0 Å². The monoisotopic (exact) mass is 373 g/mol. The van der Waals surface area contributed by atoms with Gasteiger partial charge in [0, 0.05) is 23.7 Å². The van der Waals surface area contributed by atoms with Crippen LogP contribution in [0.5, 0.6) is 5.88 Å². The molecule has 7 heteroatoms. The number of nitrogens with zero attached hydrogens (tertiary/aromatic N) is 3. The number of hydrogen-bond donors (Lipinski definition) is 2. The number of hydrogen-bond acceptors (Lipinski definition) is 5. The third-order valence-electron chi connectivity index (χ3n) is 4.21. The Morgan fingerprint density at radius 1 is 1.35 bits per heavy atom. The van der Waals surface area contributed by atoms with Gasteiger partial charge in [0.1, 0.15) is 5.01 Å². The van der Waals surface area contributed by atoms with Crippen LogP contribution in [0, 0.1) is 19.8 Å². The fourth-order valence-electron chi connectivity index (χ4n) is 2.40. The smallest absolute Gasteiger partial charge is 0.213 e. The number of nitrogens with one attached hydrogen (secondary N) is 2. The minimum absolute atomic E-state index is 0.577. The van der Waals surface area contributed by atoms with E-state index in [4.69, 9.17) is 4.74 Å². The Labute approximate surface area is 159 Å². The van der Waals surface area contributed by atoms with Crippen LogP contribution in [0.2, 0.25) is 0 Å². The fourth-order valence-corrected chi connectivity index (χ4v) is 3.28. The second-order valence-corrected chi connectivity index (χ2v) is 7.84. The third kappa shape index (κ3) is 5.69. The summed E-state index contributed by atoms with van der Waals surface area (Å²) in [7, 11) is 0. The maximum absolute atomic E-state index is 5.75. The van der Waals surface area contributed by atoms with Crippen LogP contribution in [0.3, 0.4) is 0 Å². The van der Waals surface area contributed by atoms with Crippen LogP contribution < -0.4 is 15.4 Å². The zero-order chi connectivity index (χ0) is 18.4. The van der Waals surface area contributed by atoms with Crippen molar-refractivity contribution in [2.24, 2.45) is 10.9 Å². The SMILES string of the molecule is CCNC(=NCc1ccnc(OCC2CC2)c1)NCc1nc(C)c(C)s1. The molecular formula is C19H27N5OS. The molecule has 1 saturated carbocycles. The van der Waals surface area contributed by atoms with Crippen molar-refractivity contribution in [3.63, 3.8) is 0 Å². The predicted molar refractivity (Wildman–Crippen MR) is 106 cm³/mol. The minimum Gasteiger partial charge on any atom is -0.477 e. The molecule has 2 aromatic heterocycles. The molecule has 0 amide bonds. The van der Waals surface area contributed by atoms with Crippen LogP contribution in [-0.2, 0) is 13.1 Å². The van der Waals surface area contributed by atoms with Crippen LogP contribution in [0.1, 0.15) is 40.9 Å². The average Bonchev–Trinajstić information content (AvgIpc) is 3.41. The normalized spacial score (nSPS) is 14.3. The molecule has 0 saturated heterocycles. The van der Waals surface area contributed by atoms with Gasteiger partial charge in [-0.25, -0.2) is 15.0 Å². The second-order valence-electron chi connectivity index (χ2n) is 6.55. The van der Waals surface area contributed by atoms with Gasteiger partial charge in [0.15, 0.2) is 5.96 Å². The molecule has 0 aromatic carbocycles. The lowest BCUT2D eigenvalue weighted by molar-refractivity contribution is 0.288. The molecule has 2 N–H and O–H groups in total. The Kier molecular flexibility index (Phi) is 6.44. The quantitative estimate of drug-likeness (QED) is 0.549. The molecule has 140 valence electrons. The van der Waals surface area contributed by atoms with E-state index in [9.17, 15) is 0 Å². The Morgan fingerprint density at radius 2 is 2.19 bits per heavy atom. The van der Waals surface area contributed by atoms with E-state index in [1.807, 2.05) is 19.1 Å². The van der Waals surface area contributed by atoms with E-state index in [1.54, 1.807) is 17.5 Å². The number of rotatable bonds is 8. The molecule has 0 bridgehead atoms. The largest absolute Gasteiger partial charge is 0.477 e. The van der Waals surface area contributed by atoms with Gasteiger partial charge in [-0.2, -0.15) is 0 Å². The number of thiazole rings is 1. The summed E-state index contributed by atoms with van der Waals surface area (Å²) in [5, 5.41) is 7.70. The van der Waals surface area contributed by atoms with Crippen molar-refractivity contribution < 1.29 is 4.74 Å². The van der Waals surface area contributed by atoms with Gasteiger partial charge >= 0.3 is 0 Å². The lowest BCUT2D eigenvalue weighted by atomic mass is 10.3. The van der Waals surface area contributed by atoms with E-state index in [2.05, 4.69) is 39.4 Å². The molecule has 1 aliphatic carbocycles. The number of aromatic nitrogens is 2. The molecule has 26 heavy (non-hydrogen) atoms. The average molecular weight is 374 g/mol. The maximum Gasteiger partial charge on any atom is 0.213 e. The van der Waals surface area contributed by atoms with Crippen molar-refractivity contribution in [2.75, 3.05) is 13.2 Å². The summed E-state index contributed by atoms with van der Waals surface area (Å²) in [6.07, 6.45) is 4.34. The molecular weight excluding hydrogens is 346 g/mol. The zero-order valence-corrected chi connectivity index (χ0v) is 16.5. The number of aryl methyl sites for hydroxylation is 2. The molecule has 3 rings (SSSR count). The molecule has 2 aromatic rings. The van der Waals surface area contributed by atoms with Gasteiger partial charge < -0.3 is 15.4 Å². The van der Waals surface area contributed by atoms with E-state index >= 15 is 0 Å². The molecule has 0 unspecified atom stereocenters. The molecule has 6 nitrogen and oxygen atoms in total. The van der Waals surface area contributed by atoms with Crippen LogP contribution >= 0.6 is 11.3 Å². The topological polar surface area (TPSA) is 71.4 Å². The highest BCUT2D eigenvalue weighted by molar-refractivity contribution is 7.11. The predicted octanol–water partition coefficient (Wildman–Crippen LogP) is 3.20. The standard InChI is InChI=1S/C19H27N5OS/c1-4-20-19(23-11-18-24-13(2)14(3)26-18)22-10-16-7-8-21-17(9-16)25-12-15-5-6-15/h7-9,15H,4-6,10-12H2,1-3H3,(H2,20,22,23). The van der Waals surface area contributed by atoms with E-state index < -0.39 is 0 Å². The number of aliphatic imine (C=N–C) groups is 1. The maximum atomic E-state index is 5.75. The first kappa shape index (κ1) is 18.6. The Balaban J connectivity index is 1.56. The summed E-state index contributed by atoms with van der Waals surface area (Å²) in [5.74, 6) is 2.20. The molecule has 0 radical (unpaired) electrons. The van der Waals surface area contributed by atoms with Gasteiger partial charge in [-0.05, 0) is 51.2 Å². The molecule has 1 aliphatic rings. The van der Waals surface area contributed by atoms with Crippen molar-refractivity contribution in [2.45, 2.75) is 46.7 Å². The van der Waals surface area contributed by atoms with Crippen LogP contribution in [0.25, 0.3) is 0 Å². The molecule has 2 heterocycles. The Bertz CT molecular complexity index is 735. The fraction of sp³-hybridized carbons (Fsp3) is 0.526. The number of ether oxygens (including phenoxy) is 1. The molecule has 0 spiro atoms. The summed E-state index contributed by atoms with van der Waals surface area (Å²) in [6, 6.07) is 3.95. The Morgan fingerprint density at radius 3 is 2.88 bits per heavy atom. The summed E-state index contributed by atoms with van der Waals surface area (Å²) >= 11 is 1.72. The lowest BCUT2D eigenvalue weighted by Crippen LogP contribution is -2.36. The first-order valence-electron chi connectivity index (χ1n) is 9.17. The zero-order valence-electron chi connectivity index (χ0n) is 15.7. The van der Waals surface area contributed by atoms with Gasteiger partial charge in [-0.15, -0.1) is 11.3 Å². The highest BCUT2D eigenvalue weighted by Crippen LogP contribution is 2.29. The number of pyridine rings is 1. The Hall–Kier alpha value is -2.15. The summed E-state index contributed by atoms with van der Waals surface area (Å²) in [4.78, 5) is 14.8. The van der Waals surface area contributed by atoms with Crippen molar-refractivity contribution in [1.29, 1.82) is 0 Å². The molecule has 0 aliphatic heterocycles. The summed E-state index contributed by atoms with van der Waals surface area (Å²) < 4.78 is 5.75. The van der Waals surface area contributed by atoms with E-state index in [0.29, 0.717) is 19.0 Å². The van der Waals surface area contributed by atoms with Crippen LogP contribution in [0.4, 0.5) is 0 Å². The van der Waals surface area contributed by atoms with Crippen molar-refractivity contribution in [3.8, 4) is 5.88 Å². The molecule has 1 fully saturated rings. The summed E-state index contributed by atoms with van der Waals surface area (Å²) in [6.45, 7) is 9.05. The van der Waals surface area contributed by atoms with Gasteiger partial charge in [-0.1, -0.05) is 0 Å². The third-order valence-corrected chi connectivity index (χ3v) is 5.28. The van der Waals surface area contributed by atoms with E-state index in [1.165, 1.54) is 17.7 Å². The first-order valence-corrected chi connectivity index (χ1v) is 9.98. The molecule has 0 atom stereocenters. The highest BCUT2D eigenvalue weighted by Gasteiger charge is 2.22. The van der Waals surface area contributed by atoms with Crippen molar-refractivity contribution in [1.82, 2.24) is 20.6 Å². The van der Waals surface area contributed by atoms with Gasteiger partial charge in [0.25, 0.3) is 0 Å². The summed E-state index contributed by atoms with van der Waals surface area (Å²) in [5.41, 5.74) is 2.19. The van der Waals surface area contributed by atoms with E-state index in [-0.39, 0.29) is 0 Å². The van der Waals surface area contributed by atoms with Crippen LogP contribution in [0.15, 0.2) is 23.3 Å². The lowest BCUT2D eigenvalue weighted by Gasteiger charge is -2.10. The van der Waals surface area contributed by atoms with Crippen molar-refractivity contribution >= 4 is 17.3 Å². The van der Waals surface area contributed by atoms with Gasteiger partial charge in [0.2, 0.25) is 5.88 Å². The van der Waals surface area contributed by atoms with E-state index in [0.717, 1.165) is 41.3 Å². The minimum atomic E-state index is 0.577.